The Labute approximate surface area is 79.5 Å². The van der Waals surface area contributed by atoms with Gasteiger partial charge < -0.3 is 20.2 Å². The summed E-state index contributed by atoms with van der Waals surface area (Å²) < 4.78 is 0. The third-order valence-corrected chi connectivity index (χ3v) is 1.06. The van der Waals surface area contributed by atoms with Gasteiger partial charge in [-0.1, -0.05) is 6.07 Å². The van der Waals surface area contributed by atoms with Gasteiger partial charge in [-0.2, -0.15) is 0 Å². The first-order chi connectivity index (χ1) is 6.49. The van der Waals surface area contributed by atoms with E-state index in [1.807, 2.05) is 0 Å². The van der Waals surface area contributed by atoms with Crippen LogP contribution in [0.3, 0.4) is 0 Å². The molecular weight excluding hydrogens is 192 g/mol. The number of phenols is 2. The molecule has 1 aromatic rings. The van der Waals surface area contributed by atoms with Gasteiger partial charge in [0.15, 0.2) is 11.5 Å². The van der Waals surface area contributed by atoms with Crippen molar-refractivity contribution < 1.29 is 30.3 Å². The van der Waals surface area contributed by atoms with E-state index in [1.165, 1.54) is 18.2 Å². The molecule has 0 aliphatic carbocycles. The lowest BCUT2D eigenvalue weighted by Crippen LogP contribution is -1.84. The SMILES string of the molecule is CC(=O)O.OOc1c(O)cccc1O. The van der Waals surface area contributed by atoms with E-state index in [4.69, 9.17) is 25.4 Å². The minimum Gasteiger partial charge on any atom is -0.504 e. The lowest BCUT2D eigenvalue weighted by molar-refractivity contribution is -0.140. The first-order valence-corrected chi connectivity index (χ1v) is 3.51. The van der Waals surface area contributed by atoms with Crippen molar-refractivity contribution in [1.29, 1.82) is 0 Å². The first-order valence-electron chi connectivity index (χ1n) is 3.51. The molecule has 78 valence electrons. The zero-order valence-electron chi connectivity index (χ0n) is 7.34. The van der Waals surface area contributed by atoms with Crippen molar-refractivity contribution in [3.8, 4) is 17.2 Å². The number of benzene rings is 1. The lowest BCUT2D eigenvalue weighted by atomic mass is 10.3. The number of para-hydroxylation sites is 1. The van der Waals surface area contributed by atoms with Gasteiger partial charge in [0.1, 0.15) is 0 Å². The van der Waals surface area contributed by atoms with E-state index < -0.39 is 5.97 Å². The van der Waals surface area contributed by atoms with Gasteiger partial charge in [0.2, 0.25) is 5.75 Å². The maximum absolute atomic E-state index is 9.00. The Balaban J connectivity index is 0.000000364. The topological polar surface area (TPSA) is 107 Å². The van der Waals surface area contributed by atoms with E-state index in [0.717, 1.165) is 6.92 Å². The molecule has 0 spiro atoms. The second-order valence-electron chi connectivity index (χ2n) is 2.24. The summed E-state index contributed by atoms with van der Waals surface area (Å²) in [5.74, 6) is -1.77. The van der Waals surface area contributed by atoms with E-state index in [-0.39, 0.29) is 17.2 Å². The van der Waals surface area contributed by atoms with Crippen molar-refractivity contribution in [3.63, 3.8) is 0 Å². The van der Waals surface area contributed by atoms with Gasteiger partial charge in [-0.15, -0.1) is 0 Å². The highest BCUT2D eigenvalue weighted by Gasteiger charge is 2.06. The van der Waals surface area contributed by atoms with Crippen molar-refractivity contribution in [1.82, 2.24) is 0 Å². The zero-order valence-corrected chi connectivity index (χ0v) is 7.34. The standard InChI is InChI=1S/C6H6O4.C2H4O2/c7-4-2-1-3-5(8)6(4)10-9;1-2(3)4/h1-3,7-9H;1H3,(H,3,4). The molecule has 0 aliphatic heterocycles. The average molecular weight is 202 g/mol. The Hall–Kier alpha value is -1.95. The van der Waals surface area contributed by atoms with Crippen LogP contribution in [-0.2, 0) is 4.79 Å². The van der Waals surface area contributed by atoms with Gasteiger partial charge in [-0.3, -0.25) is 4.79 Å². The highest BCUT2D eigenvalue weighted by atomic mass is 17.1. The molecule has 0 unspecified atom stereocenters. The predicted molar refractivity (Wildman–Crippen MR) is 46.3 cm³/mol. The normalized spacial score (nSPS) is 8.43. The van der Waals surface area contributed by atoms with Crippen LogP contribution < -0.4 is 4.89 Å². The van der Waals surface area contributed by atoms with E-state index >= 15 is 0 Å². The first kappa shape index (κ1) is 12.0. The van der Waals surface area contributed by atoms with Crippen LogP contribution in [0.1, 0.15) is 6.92 Å². The quantitative estimate of drug-likeness (QED) is 0.400. The van der Waals surface area contributed by atoms with Crippen LogP contribution >= 0.6 is 0 Å². The Morgan fingerprint density at radius 3 is 1.86 bits per heavy atom. The Morgan fingerprint density at radius 2 is 1.64 bits per heavy atom. The van der Waals surface area contributed by atoms with Crippen molar-refractivity contribution in [2.75, 3.05) is 0 Å². The molecule has 6 heteroatoms. The minimum absolute atomic E-state index is 0.303. The summed E-state index contributed by atoms with van der Waals surface area (Å²) in [4.78, 5) is 12.7. The number of rotatable bonds is 1. The molecule has 0 amide bonds. The second-order valence-corrected chi connectivity index (χ2v) is 2.24. The third-order valence-electron chi connectivity index (χ3n) is 1.06. The van der Waals surface area contributed by atoms with Crippen LogP contribution in [-0.4, -0.2) is 26.5 Å². The Morgan fingerprint density at radius 1 is 1.29 bits per heavy atom. The molecule has 0 radical (unpaired) electrons. The fraction of sp³-hybridized carbons (Fsp3) is 0.125. The number of aromatic hydroxyl groups is 2. The number of aliphatic carboxylic acids is 1. The van der Waals surface area contributed by atoms with Gasteiger partial charge in [0.05, 0.1) is 0 Å². The maximum Gasteiger partial charge on any atom is 0.300 e. The molecule has 6 nitrogen and oxygen atoms in total. The van der Waals surface area contributed by atoms with Gasteiger partial charge >= 0.3 is 0 Å². The van der Waals surface area contributed by atoms with Crippen LogP contribution in [0.5, 0.6) is 17.2 Å². The summed E-state index contributed by atoms with van der Waals surface area (Å²) in [6, 6.07) is 3.99. The summed E-state index contributed by atoms with van der Waals surface area (Å²) in [6.07, 6.45) is 0. The monoisotopic (exact) mass is 202 g/mol. The van der Waals surface area contributed by atoms with Crippen molar-refractivity contribution in [2.45, 2.75) is 6.92 Å². The maximum atomic E-state index is 9.00. The van der Waals surface area contributed by atoms with Crippen molar-refractivity contribution in [2.24, 2.45) is 0 Å². The molecule has 0 saturated carbocycles. The summed E-state index contributed by atoms with van der Waals surface area (Å²) >= 11 is 0. The summed E-state index contributed by atoms with van der Waals surface area (Å²) in [5.41, 5.74) is 0. The molecular formula is C8H10O6. The van der Waals surface area contributed by atoms with Gasteiger partial charge in [0, 0.05) is 6.92 Å². The van der Waals surface area contributed by atoms with Gasteiger partial charge in [0.25, 0.3) is 5.97 Å². The fourth-order valence-electron chi connectivity index (χ4n) is 0.607. The average Bonchev–Trinajstić information content (AvgIpc) is 2.03. The molecule has 4 N–H and O–H groups in total. The number of phenolic OH excluding ortho intramolecular Hbond substituents is 2. The third kappa shape index (κ3) is 4.17. The lowest BCUT2D eigenvalue weighted by Gasteiger charge is -2.00. The van der Waals surface area contributed by atoms with E-state index in [2.05, 4.69) is 4.89 Å². The number of carboxylic acids is 1. The highest BCUT2D eigenvalue weighted by molar-refractivity contribution is 5.62. The van der Waals surface area contributed by atoms with Gasteiger partial charge in [-0.25, -0.2) is 5.26 Å². The minimum atomic E-state index is -0.833. The Kier molecular flexibility index (Phi) is 4.87. The van der Waals surface area contributed by atoms with Crippen LogP contribution in [0.15, 0.2) is 18.2 Å². The van der Waals surface area contributed by atoms with E-state index in [9.17, 15) is 0 Å². The second kappa shape index (κ2) is 5.65. The summed E-state index contributed by atoms with van der Waals surface area (Å²) in [5, 5.41) is 33.2. The molecule has 0 heterocycles. The highest BCUT2D eigenvalue weighted by Crippen LogP contribution is 2.34. The smallest absolute Gasteiger partial charge is 0.300 e. The van der Waals surface area contributed by atoms with Crippen molar-refractivity contribution in [3.05, 3.63) is 18.2 Å². The largest absolute Gasteiger partial charge is 0.504 e. The number of hydrogen-bond acceptors (Lipinski definition) is 5. The summed E-state index contributed by atoms with van der Waals surface area (Å²) in [7, 11) is 0. The summed E-state index contributed by atoms with van der Waals surface area (Å²) in [6.45, 7) is 1.08. The van der Waals surface area contributed by atoms with Crippen LogP contribution in [0.25, 0.3) is 0 Å². The van der Waals surface area contributed by atoms with Gasteiger partial charge in [-0.05, 0) is 12.1 Å². The molecule has 1 rings (SSSR count). The Bertz CT molecular complexity index is 284. The molecule has 14 heavy (non-hydrogen) atoms. The number of carboxylic acid groups (broad SMARTS) is 1. The van der Waals surface area contributed by atoms with E-state index in [1.54, 1.807) is 0 Å². The number of carbonyl (C=O) groups is 1. The van der Waals surface area contributed by atoms with Crippen LogP contribution in [0.4, 0.5) is 0 Å². The zero-order chi connectivity index (χ0) is 11.1. The van der Waals surface area contributed by atoms with Crippen molar-refractivity contribution >= 4 is 5.97 Å². The van der Waals surface area contributed by atoms with E-state index in [0.29, 0.717) is 0 Å². The van der Waals surface area contributed by atoms with Crippen LogP contribution in [0, 0.1) is 0 Å². The molecule has 0 aliphatic rings. The fourth-order valence-corrected chi connectivity index (χ4v) is 0.607. The number of hydrogen-bond donors (Lipinski definition) is 4. The molecule has 0 fully saturated rings. The molecule has 0 bridgehead atoms. The molecule has 1 aromatic carbocycles. The molecule has 0 atom stereocenters. The van der Waals surface area contributed by atoms with Crippen LogP contribution in [0.2, 0.25) is 0 Å². The molecule has 0 aromatic heterocycles. The molecule has 0 saturated heterocycles. The predicted octanol–water partition coefficient (Wildman–Crippen LogP) is 1.04.